The highest BCUT2D eigenvalue weighted by atomic mass is 16.6. The SMILES string of the molecule is CCCCCOC(=O)CCCCCCCC(=O)OCC(COC(=O)CCCN(C)C)(COC(=O)CC(CCCCC)CCCCC)COC(=O)CC(CCCCC)CCCCC. The third-order valence-electron chi connectivity index (χ3n) is 11.7. The van der Waals surface area contributed by atoms with Gasteiger partial charge in [0.05, 0.1) is 6.61 Å². The van der Waals surface area contributed by atoms with Crippen molar-refractivity contribution in [1.29, 1.82) is 0 Å². The maximum atomic E-state index is 13.6. The van der Waals surface area contributed by atoms with Crippen LogP contribution < -0.4 is 0 Å². The second-order valence-corrected chi connectivity index (χ2v) is 18.4. The monoisotopic (exact) mass is 882 g/mol. The van der Waals surface area contributed by atoms with Crippen LogP contribution in [-0.2, 0) is 47.7 Å². The lowest BCUT2D eigenvalue weighted by atomic mass is 9.90. The topological polar surface area (TPSA) is 135 Å². The second kappa shape index (κ2) is 41.0. The number of hydrogen-bond acceptors (Lipinski definition) is 11. The fourth-order valence-corrected chi connectivity index (χ4v) is 7.57. The zero-order valence-corrected chi connectivity index (χ0v) is 41.1. The van der Waals surface area contributed by atoms with E-state index in [0.717, 1.165) is 148 Å². The van der Waals surface area contributed by atoms with Gasteiger partial charge in [0.1, 0.15) is 31.8 Å². The third kappa shape index (κ3) is 35.7. The first-order chi connectivity index (χ1) is 29.9. The van der Waals surface area contributed by atoms with E-state index in [1.165, 1.54) is 0 Å². The van der Waals surface area contributed by atoms with Gasteiger partial charge in [-0.2, -0.15) is 0 Å². The van der Waals surface area contributed by atoms with E-state index in [0.29, 0.717) is 32.4 Å². The number of nitrogens with zero attached hydrogens (tertiary/aromatic N) is 1. The highest BCUT2D eigenvalue weighted by molar-refractivity contribution is 5.71. The summed E-state index contributed by atoms with van der Waals surface area (Å²) in [6.07, 6.45) is 25.9. The minimum Gasteiger partial charge on any atom is -0.466 e. The van der Waals surface area contributed by atoms with Crippen molar-refractivity contribution in [2.75, 3.05) is 53.7 Å². The highest BCUT2D eigenvalue weighted by Crippen LogP contribution is 2.27. The van der Waals surface area contributed by atoms with Crippen LogP contribution in [0, 0.1) is 17.3 Å². The van der Waals surface area contributed by atoms with Gasteiger partial charge in [0, 0.05) is 32.1 Å². The molecule has 0 amide bonds. The Balaban J connectivity index is 5.99. The fourth-order valence-electron chi connectivity index (χ4n) is 7.57. The van der Waals surface area contributed by atoms with Crippen LogP contribution in [-0.4, -0.2) is 88.4 Å². The van der Waals surface area contributed by atoms with E-state index in [4.69, 9.17) is 23.7 Å². The first kappa shape index (κ1) is 59.3. The van der Waals surface area contributed by atoms with E-state index in [1.54, 1.807) is 0 Å². The van der Waals surface area contributed by atoms with Crippen LogP contribution in [0.25, 0.3) is 0 Å². The lowest BCUT2D eigenvalue weighted by Crippen LogP contribution is -2.44. The van der Waals surface area contributed by atoms with Crippen molar-refractivity contribution in [3.05, 3.63) is 0 Å². The lowest BCUT2D eigenvalue weighted by Gasteiger charge is -2.32. The maximum absolute atomic E-state index is 13.6. The lowest BCUT2D eigenvalue weighted by molar-refractivity contribution is -0.171. The summed E-state index contributed by atoms with van der Waals surface area (Å²) in [5.41, 5.74) is -1.27. The third-order valence-corrected chi connectivity index (χ3v) is 11.7. The average Bonchev–Trinajstić information content (AvgIpc) is 3.24. The molecule has 0 unspecified atom stereocenters. The molecule has 0 aliphatic heterocycles. The Kier molecular flexibility index (Phi) is 39.3. The predicted octanol–water partition coefficient (Wildman–Crippen LogP) is 12.3. The summed E-state index contributed by atoms with van der Waals surface area (Å²) >= 11 is 0. The van der Waals surface area contributed by atoms with Crippen LogP contribution in [0.5, 0.6) is 0 Å². The molecular weight excluding hydrogens is 787 g/mol. The maximum Gasteiger partial charge on any atom is 0.306 e. The van der Waals surface area contributed by atoms with Crippen LogP contribution in [0.1, 0.15) is 227 Å². The number of rotatable bonds is 44. The molecule has 62 heavy (non-hydrogen) atoms. The summed E-state index contributed by atoms with van der Waals surface area (Å²) in [4.78, 5) is 67.4. The van der Waals surface area contributed by atoms with Crippen LogP contribution in [0.2, 0.25) is 0 Å². The molecule has 0 fully saturated rings. The molecule has 0 heterocycles. The van der Waals surface area contributed by atoms with Gasteiger partial charge in [-0.15, -0.1) is 0 Å². The van der Waals surface area contributed by atoms with E-state index in [2.05, 4.69) is 34.6 Å². The molecule has 0 aromatic heterocycles. The number of carbonyl (C=O) groups is 5. The second-order valence-electron chi connectivity index (χ2n) is 18.4. The number of unbranched alkanes of at least 4 members (excludes halogenated alkanes) is 14. The van der Waals surface area contributed by atoms with Crippen molar-refractivity contribution in [2.24, 2.45) is 17.3 Å². The molecule has 0 aliphatic rings. The van der Waals surface area contributed by atoms with Crippen molar-refractivity contribution < 1.29 is 47.7 Å². The largest absolute Gasteiger partial charge is 0.466 e. The molecule has 0 rings (SSSR count). The van der Waals surface area contributed by atoms with E-state index in [9.17, 15) is 24.0 Å². The van der Waals surface area contributed by atoms with E-state index >= 15 is 0 Å². The zero-order valence-electron chi connectivity index (χ0n) is 41.1. The first-order valence-electron chi connectivity index (χ1n) is 25.4. The molecule has 0 bridgehead atoms. The normalized spacial score (nSPS) is 11.6. The fraction of sp³-hybridized carbons (Fsp3) is 0.902. The van der Waals surface area contributed by atoms with Crippen LogP contribution in [0.4, 0.5) is 0 Å². The summed E-state index contributed by atoms with van der Waals surface area (Å²) in [6, 6.07) is 0. The van der Waals surface area contributed by atoms with Crippen LogP contribution in [0.15, 0.2) is 0 Å². The molecular formula is C51H95NO10. The van der Waals surface area contributed by atoms with Crippen molar-refractivity contribution >= 4 is 29.8 Å². The minimum absolute atomic E-state index is 0.152. The summed E-state index contributed by atoms with van der Waals surface area (Å²) in [5.74, 6) is -1.26. The Labute approximate surface area is 379 Å². The number of hydrogen-bond donors (Lipinski definition) is 0. The van der Waals surface area contributed by atoms with E-state index < -0.39 is 17.4 Å². The molecule has 0 atom stereocenters. The molecule has 0 N–H and O–H groups in total. The Morgan fingerprint density at radius 3 is 1.08 bits per heavy atom. The van der Waals surface area contributed by atoms with Gasteiger partial charge >= 0.3 is 29.8 Å². The standard InChI is InChI=1S/C51H95NO10/c1-8-13-21-29-44(30-22-14-9-2)38-49(56)61-42-51(41-60-48(55)35-28-36-52(6)7,43-62-50(57)39-45(31-23-15-10-3)32-24-16-11-4)40-59-47(54)34-26-20-18-19-25-33-46(53)58-37-27-17-12-5/h44-45H,8-43H2,1-7H3. The molecule has 0 aromatic rings. The van der Waals surface area contributed by atoms with Crippen molar-refractivity contribution in [1.82, 2.24) is 4.90 Å². The molecule has 0 spiro atoms. The van der Waals surface area contributed by atoms with Crippen molar-refractivity contribution in [2.45, 2.75) is 227 Å². The number of esters is 5. The van der Waals surface area contributed by atoms with Crippen molar-refractivity contribution in [3.63, 3.8) is 0 Å². The summed E-state index contributed by atoms with van der Waals surface area (Å²) < 4.78 is 29.0. The average molecular weight is 882 g/mol. The Bertz CT molecular complexity index is 1070. The van der Waals surface area contributed by atoms with Gasteiger partial charge in [-0.1, -0.05) is 144 Å². The quantitative estimate of drug-likeness (QED) is 0.0329. The van der Waals surface area contributed by atoms with Gasteiger partial charge in [0.2, 0.25) is 0 Å². The molecule has 0 saturated heterocycles. The highest BCUT2D eigenvalue weighted by Gasteiger charge is 2.38. The summed E-state index contributed by atoms with van der Waals surface area (Å²) in [6.45, 7) is 11.1. The molecule has 11 heteroatoms. The Morgan fingerprint density at radius 1 is 0.387 bits per heavy atom. The Morgan fingerprint density at radius 2 is 0.710 bits per heavy atom. The molecule has 364 valence electrons. The molecule has 0 radical (unpaired) electrons. The number of carbonyl (C=O) groups excluding carboxylic acids is 5. The van der Waals surface area contributed by atoms with Gasteiger partial charge in [0.25, 0.3) is 0 Å². The molecule has 11 nitrogen and oxygen atoms in total. The predicted molar refractivity (Wildman–Crippen MR) is 250 cm³/mol. The van der Waals surface area contributed by atoms with E-state index in [-0.39, 0.29) is 81.9 Å². The first-order valence-corrected chi connectivity index (χ1v) is 25.4. The van der Waals surface area contributed by atoms with Gasteiger partial charge in [-0.25, -0.2) is 0 Å². The molecule has 0 aromatic carbocycles. The van der Waals surface area contributed by atoms with Crippen LogP contribution in [0.3, 0.4) is 0 Å². The van der Waals surface area contributed by atoms with Gasteiger partial charge < -0.3 is 28.6 Å². The summed E-state index contributed by atoms with van der Waals surface area (Å²) in [7, 11) is 3.89. The van der Waals surface area contributed by atoms with Crippen LogP contribution >= 0.6 is 0 Å². The minimum atomic E-state index is -1.27. The molecule has 0 aliphatic carbocycles. The van der Waals surface area contributed by atoms with Crippen molar-refractivity contribution in [3.8, 4) is 0 Å². The molecule has 0 saturated carbocycles. The van der Waals surface area contributed by atoms with Gasteiger partial charge in [0.15, 0.2) is 0 Å². The van der Waals surface area contributed by atoms with Gasteiger partial charge in [-0.3, -0.25) is 24.0 Å². The van der Waals surface area contributed by atoms with Gasteiger partial charge in [-0.05, 0) is 83.8 Å². The Hall–Kier alpha value is -2.69. The smallest absolute Gasteiger partial charge is 0.306 e. The zero-order chi connectivity index (χ0) is 46.1. The van der Waals surface area contributed by atoms with E-state index in [1.807, 2.05) is 19.0 Å². The number of ether oxygens (including phenoxy) is 5. The summed E-state index contributed by atoms with van der Waals surface area (Å²) in [5, 5.41) is 0.